The van der Waals surface area contributed by atoms with Crippen LogP contribution < -0.4 is 5.73 Å². The summed E-state index contributed by atoms with van der Waals surface area (Å²) in [6.45, 7) is 3.73. The maximum Gasteiger partial charge on any atom is 0.320 e. The van der Waals surface area contributed by atoms with Gasteiger partial charge >= 0.3 is 11.9 Å². The third kappa shape index (κ3) is 6.68. The molecule has 17 heavy (non-hydrogen) atoms. The van der Waals surface area contributed by atoms with E-state index in [1.165, 1.54) is 0 Å². The molecule has 6 heteroatoms. The molecule has 0 aliphatic rings. The van der Waals surface area contributed by atoms with Crippen molar-refractivity contribution in [2.75, 3.05) is 0 Å². The van der Waals surface area contributed by atoms with Crippen molar-refractivity contribution in [3.63, 3.8) is 0 Å². The molecule has 0 spiro atoms. The molecule has 0 heterocycles. The maximum atomic E-state index is 11.4. The Balaban J connectivity index is 4.31. The third-order valence-corrected chi connectivity index (χ3v) is 2.34. The van der Waals surface area contributed by atoms with Crippen molar-refractivity contribution in [3.8, 4) is 0 Å². The second-order valence-corrected chi connectivity index (χ2v) is 4.56. The molecule has 4 N–H and O–H groups in total. The van der Waals surface area contributed by atoms with E-state index in [-0.39, 0.29) is 18.8 Å². The molecular weight excluding hydrogens is 226 g/mol. The third-order valence-electron chi connectivity index (χ3n) is 2.34. The molecule has 0 radical (unpaired) electrons. The monoisotopic (exact) mass is 245 g/mol. The number of carboxylic acids is 2. The molecule has 0 amide bonds. The molecule has 0 unspecified atom stereocenters. The smallest absolute Gasteiger partial charge is 0.320 e. The molecule has 0 fully saturated rings. The van der Waals surface area contributed by atoms with Crippen molar-refractivity contribution in [2.24, 2.45) is 17.6 Å². The molecule has 0 bridgehead atoms. The van der Waals surface area contributed by atoms with Crippen LogP contribution in [0.2, 0.25) is 0 Å². The first-order valence-corrected chi connectivity index (χ1v) is 5.47. The predicted molar refractivity (Wildman–Crippen MR) is 60.4 cm³/mol. The van der Waals surface area contributed by atoms with E-state index in [0.29, 0.717) is 6.42 Å². The Labute approximate surface area is 99.8 Å². The quantitative estimate of drug-likeness (QED) is 0.573. The van der Waals surface area contributed by atoms with Gasteiger partial charge in [-0.05, 0) is 12.3 Å². The number of carbonyl (C=O) groups is 3. The number of hydrogen-bond donors (Lipinski definition) is 3. The van der Waals surface area contributed by atoms with Gasteiger partial charge in [-0.25, -0.2) is 0 Å². The van der Waals surface area contributed by atoms with Crippen LogP contribution in [0.3, 0.4) is 0 Å². The van der Waals surface area contributed by atoms with Crippen LogP contribution in [0.4, 0.5) is 0 Å². The normalized spacial score (nSPS) is 14.4. The first-order chi connectivity index (χ1) is 7.73. The summed E-state index contributed by atoms with van der Waals surface area (Å²) >= 11 is 0. The zero-order valence-corrected chi connectivity index (χ0v) is 10.0. The standard InChI is InChI=1S/C11H19NO5/c1-6(2)3-7(10(14)15)4-8(13)5-9(12)11(16)17/h6-7,9H,3-5,12H2,1-2H3,(H,14,15)(H,16,17)/t7-,9+/m1/s1. The van der Waals surface area contributed by atoms with E-state index in [0.717, 1.165) is 0 Å². The Morgan fingerprint density at radius 1 is 1.06 bits per heavy atom. The Bertz CT molecular complexity index is 300. The van der Waals surface area contributed by atoms with E-state index in [4.69, 9.17) is 15.9 Å². The second kappa shape index (κ2) is 7.01. The summed E-state index contributed by atoms with van der Waals surface area (Å²) in [4.78, 5) is 32.8. The first-order valence-electron chi connectivity index (χ1n) is 5.47. The second-order valence-electron chi connectivity index (χ2n) is 4.56. The molecule has 0 aromatic heterocycles. The fourth-order valence-electron chi connectivity index (χ4n) is 1.53. The molecule has 2 atom stereocenters. The number of nitrogens with two attached hydrogens (primary N) is 1. The summed E-state index contributed by atoms with van der Waals surface area (Å²) in [6.07, 6.45) is -0.0882. The lowest BCUT2D eigenvalue weighted by Crippen LogP contribution is -2.33. The Kier molecular flexibility index (Phi) is 6.42. The van der Waals surface area contributed by atoms with Gasteiger partial charge in [0.05, 0.1) is 5.92 Å². The zero-order chi connectivity index (χ0) is 13.6. The van der Waals surface area contributed by atoms with Gasteiger partial charge in [0.2, 0.25) is 0 Å². The van der Waals surface area contributed by atoms with E-state index in [2.05, 4.69) is 0 Å². The van der Waals surface area contributed by atoms with Gasteiger partial charge in [-0.15, -0.1) is 0 Å². The Hall–Kier alpha value is -1.43. The minimum Gasteiger partial charge on any atom is -0.481 e. The molecule has 0 aromatic carbocycles. The van der Waals surface area contributed by atoms with Crippen molar-refractivity contribution in [1.29, 1.82) is 0 Å². The highest BCUT2D eigenvalue weighted by Crippen LogP contribution is 2.17. The number of ketones is 1. The van der Waals surface area contributed by atoms with Gasteiger partial charge in [-0.3, -0.25) is 14.4 Å². The van der Waals surface area contributed by atoms with Crippen molar-refractivity contribution in [2.45, 2.75) is 39.2 Å². The summed E-state index contributed by atoms with van der Waals surface area (Å²) in [7, 11) is 0. The maximum absolute atomic E-state index is 11.4. The predicted octanol–water partition coefficient (Wildman–Crippen LogP) is 0.495. The number of hydrogen-bond acceptors (Lipinski definition) is 4. The van der Waals surface area contributed by atoms with Gasteiger partial charge in [0, 0.05) is 12.8 Å². The lowest BCUT2D eigenvalue weighted by Gasteiger charge is -2.14. The van der Waals surface area contributed by atoms with Crippen LogP contribution in [-0.4, -0.2) is 34.0 Å². The van der Waals surface area contributed by atoms with Gasteiger partial charge in [-0.1, -0.05) is 13.8 Å². The first kappa shape index (κ1) is 15.6. The Morgan fingerprint density at radius 2 is 1.59 bits per heavy atom. The minimum atomic E-state index is -1.26. The van der Waals surface area contributed by atoms with Crippen molar-refractivity contribution in [3.05, 3.63) is 0 Å². The van der Waals surface area contributed by atoms with E-state index >= 15 is 0 Å². The van der Waals surface area contributed by atoms with E-state index < -0.39 is 29.7 Å². The van der Waals surface area contributed by atoms with Gasteiger partial charge in [0.1, 0.15) is 11.8 Å². The number of rotatable bonds is 8. The summed E-state index contributed by atoms with van der Waals surface area (Å²) in [5.74, 6) is -3.31. The topological polar surface area (TPSA) is 118 Å². The van der Waals surface area contributed by atoms with E-state index in [1.807, 2.05) is 13.8 Å². The summed E-state index contributed by atoms with van der Waals surface area (Å²) in [6, 6.07) is -1.25. The molecule has 0 saturated heterocycles. The van der Waals surface area contributed by atoms with Gasteiger partial charge in [0.25, 0.3) is 0 Å². The van der Waals surface area contributed by atoms with E-state index in [1.54, 1.807) is 0 Å². The highest BCUT2D eigenvalue weighted by atomic mass is 16.4. The van der Waals surface area contributed by atoms with Crippen LogP contribution in [0.15, 0.2) is 0 Å². The number of carbonyl (C=O) groups excluding carboxylic acids is 1. The van der Waals surface area contributed by atoms with Crippen LogP contribution in [0.5, 0.6) is 0 Å². The van der Waals surface area contributed by atoms with Crippen LogP contribution in [0, 0.1) is 11.8 Å². The van der Waals surface area contributed by atoms with Crippen LogP contribution in [0.25, 0.3) is 0 Å². The average molecular weight is 245 g/mol. The zero-order valence-electron chi connectivity index (χ0n) is 10.0. The number of aliphatic carboxylic acids is 2. The molecular formula is C11H19NO5. The van der Waals surface area contributed by atoms with Crippen molar-refractivity contribution >= 4 is 17.7 Å². The molecule has 0 aromatic rings. The molecule has 0 rings (SSSR count). The van der Waals surface area contributed by atoms with Crippen LogP contribution in [0.1, 0.15) is 33.1 Å². The number of Topliss-reactive ketones (excluding diaryl/α,β-unsaturated/α-hetero) is 1. The largest absolute Gasteiger partial charge is 0.481 e. The lowest BCUT2D eigenvalue weighted by atomic mass is 9.91. The number of carboxylic acid groups (broad SMARTS) is 2. The molecule has 0 aliphatic carbocycles. The minimum absolute atomic E-state index is 0.158. The fraction of sp³-hybridized carbons (Fsp3) is 0.727. The van der Waals surface area contributed by atoms with Crippen LogP contribution in [-0.2, 0) is 14.4 Å². The SMILES string of the molecule is CC(C)C[C@H](CC(=O)C[C@H](N)C(=O)O)C(=O)O. The summed E-state index contributed by atoms with van der Waals surface area (Å²) in [5.41, 5.74) is 5.20. The summed E-state index contributed by atoms with van der Waals surface area (Å²) < 4.78 is 0. The van der Waals surface area contributed by atoms with E-state index in [9.17, 15) is 14.4 Å². The van der Waals surface area contributed by atoms with Crippen LogP contribution >= 0.6 is 0 Å². The average Bonchev–Trinajstić information content (AvgIpc) is 2.15. The molecule has 6 nitrogen and oxygen atoms in total. The molecule has 0 saturated carbocycles. The van der Waals surface area contributed by atoms with Crippen molar-refractivity contribution in [1.82, 2.24) is 0 Å². The highest BCUT2D eigenvalue weighted by molar-refractivity contribution is 5.88. The lowest BCUT2D eigenvalue weighted by molar-refractivity contribution is -0.144. The molecule has 98 valence electrons. The van der Waals surface area contributed by atoms with Gasteiger partial charge in [0.15, 0.2) is 0 Å². The van der Waals surface area contributed by atoms with Gasteiger partial charge in [-0.2, -0.15) is 0 Å². The molecule has 0 aliphatic heterocycles. The Morgan fingerprint density at radius 3 is 1.94 bits per heavy atom. The van der Waals surface area contributed by atoms with Crippen molar-refractivity contribution < 1.29 is 24.6 Å². The highest BCUT2D eigenvalue weighted by Gasteiger charge is 2.24. The summed E-state index contributed by atoms with van der Waals surface area (Å²) in [5, 5.41) is 17.4. The fourth-order valence-corrected chi connectivity index (χ4v) is 1.53. The van der Waals surface area contributed by atoms with Gasteiger partial charge < -0.3 is 15.9 Å².